The van der Waals surface area contributed by atoms with Crippen LogP contribution in [-0.2, 0) is 16.1 Å². The number of nitrogens with zero attached hydrogens (tertiary/aromatic N) is 2. The molecule has 1 aliphatic rings. The minimum Gasteiger partial charge on any atom is -0.480 e. The molecule has 112 valence electrons. The normalized spacial score (nSPS) is 22.0. The van der Waals surface area contributed by atoms with Gasteiger partial charge < -0.3 is 14.4 Å². The zero-order valence-corrected chi connectivity index (χ0v) is 12.6. The second-order valence-electron chi connectivity index (χ2n) is 5.93. The fraction of sp³-hybridized carbons (Fsp3) is 0.500. The summed E-state index contributed by atoms with van der Waals surface area (Å²) in [6.07, 6.45) is 0.872. The van der Waals surface area contributed by atoms with Crippen LogP contribution in [0.3, 0.4) is 0 Å². The predicted octanol–water partition coefficient (Wildman–Crippen LogP) is 2.84. The number of benzene rings is 1. The highest BCUT2D eigenvalue weighted by Gasteiger charge is 2.31. The van der Waals surface area contributed by atoms with Crippen molar-refractivity contribution in [1.29, 1.82) is 0 Å². The van der Waals surface area contributed by atoms with E-state index < -0.39 is 5.97 Å². The number of hydrogen-bond acceptors (Lipinski definition) is 3. The Morgan fingerprint density at radius 3 is 2.76 bits per heavy atom. The Kier molecular flexibility index (Phi) is 3.45. The monoisotopic (exact) mass is 288 g/mol. The van der Waals surface area contributed by atoms with E-state index in [4.69, 9.17) is 4.74 Å². The van der Waals surface area contributed by atoms with Crippen LogP contribution in [0.2, 0.25) is 0 Å². The zero-order valence-electron chi connectivity index (χ0n) is 12.6. The minimum absolute atomic E-state index is 0.0824. The van der Waals surface area contributed by atoms with E-state index in [0.717, 1.165) is 34.4 Å². The highest BCUT2D eigenvalue weighted by molar-refractivity contribution is 5.80. The van der Waals surface area contributed by atoms with Gasteiger partial charge in [-0.25, -0.2) is 4.98 Å². The largest absolute Gasteiger partial charge is 0.480 e. The lowest BCUT2D eigenvalue weighted by Crippen LogP contribution is -2.16. The minimum atomic E-state index is -0.862. The van der Waals surface area contributed by atoms with E-state index in [9.17, 15) is 9.90 Å². The Bertz CT molecular complexity index is 705. The first-order valence-electron chi connectivity index (χ1n) is 7.28. The van der Waals surface area contributed by atoms with Crippen LogP contribution in [0.25, 0.3) is 11.0 Å². The van der Waals surface area contributed by atoms with Gasteiger partial charge in [0, 0.05) is 6.61 Å². The summed E-state index contributed by atoms with van der Waals surface area (Å²) in [6.45, 7) is 6.82. The second-order valence-corrected chi connectivity index (χ2v) is 5.93. The smallest absolute Gasteiger partial charge is 0.323 e. The average Bonchev–Trinajstić information content (AvgIpc) is 2.95. The SMILES string of the molecule is Cc1cc2nc(C3OCCC3C)n(CC(=O)O)c2cc1C. The molecule has 2 aromatic rings. The Morgan fingerprint density at radius 1 is 1.43 bits per heavy atom. The van der Waals surface area contributed by atoms with Crippen LogP contribution < -0.4 is 0 Å². The standard InChI is InChI=1S/C16H20N2O3/c1-9-4-5-21-15(9)16-17-12-6-10(2)11(3)7-13(12)18(16)8-14(19)20/h6-7,9,15H,4-5,8H2,1-3H3,(H,19,20). The molecule has 0 saturated carbocycles. The highest BCUT2D eigenvalue weighted by Crippen LogP contribution is 2.35. The molecular formula is C16H20N2O3. The van der Waals surface area contributed by atoms with Crippen molar-refractivity contribution in [3.8, 4) is 0 Å². The maximum Gasteiger partial charge on any atom is 0.323 e. The summed E-state index contributed by atoms with van der Waals surface area (Å²) < 4.78 is 7.58. The molecule has 2 unspecified atom stereocenters. The third-order valence-corrected chi connectivity index (χ3v) is 4.33. The van der Waals surface area contributed by atoms with Crippen molar-refractivity contribution in [2.24, 2.45) is 5.92 Å². The number of carbonyl (C=O) groups is 1. The fourth-order valence-electron chi connectivity index (χ4n) is 2.94. The lowest BCUT2D eigenvalue weighted by Gasteiger charge is -2.15. The maximum atomic E-state index is 11.2. The number of ether oxygens (including phenoxy) is 1. The van der Waals surface area contributed by atoms with E-state index in [-0.39, 0.29) is 12.6 Å². The molecule has 3 rings (SSSR count). The van der Waals surface area contributed by atoms with Gasteiger partial charge >= 0.3 is 5.97 Å². The molecule has 0 aliphatic carbocycles. The first kappa shape index (κ1) is 14.1. The average molecular weight is 288 g/mol. The lowest BCUT2D eigenvalue weighted by molar-refractivity contribution is -0.137. The van der Waals surface area contributed by atoms with E-state index in [0.29, 0.717) is 12.5 Å². The van der Waals surface area contributed by atoms with E-state index >= 15 is 0 Å². The van der Waals surface area contributed by atoms with Gasteiger partial charge in [-0.15, -0.1) is 0 Å². The predicted molar refractivity (Wildman–Crippen MR) is 79.3 cm³/mol. The summed E-state index contributed by atoms with van der Waals surface area (Å²) in [6, 6.07) is 4.04. The van der Waals surface area contributed by atoms with Crippen molar-refractivity contribution < 1.29 is 14.6 Å². The van der Waals surface area contributed by atoms with Crippen LogP contribution in [-0.4, -0.2) is 27.2 Å². The molecule has 0 spiro atoms. The summed E-state index contributed by atoms with van der Waals surface area (Å²) in [5.74, 6) is 0.235. The first-order chi connectivity index (χ1) is 9.97. The Balaban J connectivity index is 2.19. The van der Waals surface area contributed by atoms with E-state index in [1.165, 1.54) is 0 Å². The zero-order chi connectivity index (χ0) is 15.1. The molecule has 1 fully saturated rings. The number of aliphatic carboxylic acids is 1. The molecule has 0 radical (unpaired) electrons. The number of aromatic nitrogens is 2. The molecule has 0 bridgehead atoms. The second kappa shape index (κ2) is 5.15. The van der Waals surface area contributed by atoms with Crippen molar-refractivity contribution in [3.05, 3.63) is 29.1 Å². The van der Waals surface area contributed by atoms with Crippen LogP contribution in [0, 0.1) is 19.8 Å². The topological polar surface area (TPSA) is 64.4 Å². The molecule has 2 atom stereocenters. The van der Waals surface area contributed by atoms with Gasteiger partial charge in [0.25, 0.3) is 0 Å². The number of imidazole rings is 1. The molecule has 5 nitrogen and oxygen atoms in total. The van der Waals surface area contributed by atoms with Crippen LogP contribution >= 0.6 is 0 Å². The molecule has 1 saturated heterocycles. The van der Waals surface area contributed by atoms with Gasteiger partial charge in [0.1, 0.15) is 18.5 Å². The van der Waals surface area contributed by atoms with Crippen LogP contribution in [0.4, 0.5) is 0 Å². The molecule has 21 heavy (non-hydrogen) atoms. The number of rotatable bonds is 3. The van der Waals surface area contributed by atoms with Crippen LogP contribution in [0.5, 0.6) is 0 Å². The molecule has 0 amide bonds. The molecule has 1 N–H and O–H groups in total. The maximum absolute atomic E-state index is 11.2. The van der Waals surface area contributed by atoms with Crippen LogP contribution in [0.1, 0.15) is 36.4 Å². The fourth-order valence-corrected chi connectivity index (χ4v) is 2.94. The van der Waals surface area contributed by atoms with Crippen molar-refractivity contribution in [2.45, 2.75) is 39.8 Å². The van der Waals surface area contributed by atoms with Crippen molar-refractivity contribution in [1.82, 2.24) is 9.55 Å². The van der Waals surface area contributed by atoms with E-state index in [1.54, 1.807) is 4.57 Å². The van der Waals surface area contributed by atoms with E-state index in [2.05, 4.69) is 11.9 Å². The number of hydrogen-bond donors (Lipinski definition) is 1. The summed E-state index contributed by atoms with van der Waals surface area (Å²) in [5, 5.41) is 9.21. The Hall–Kier alpha value is -1.88. The molecule has 2 heterocycles. The summed E-state index contributed by atoms with van der Waals surface area (Å²) in [4.78, 5) is 15.9. The van der Waals surface area contributed by atoms with Gasteiger partial charge in [-0.05, 0) is 49.4 Å². The van der Waals surface area contributed by atoms with Gasteiger partial charge in [0.05, 0.1) is 11.0 Å². The van der Waals surface area contributed by atoms with Crippen molar-refractivity contribution >= 4 is 17.0 Å². The number of fused-ring (bicyclic) bond motifs is 1. The summed E-state index contributed by atoms with van der Waals surface area (Å²) in [7, 11) is 0. The number of carboxylic acid groups (broad SMARTS) is 1. The first-order valence-corrected chi connectivity index (χ1v) is 7.28. The third-order valence-electron chi connectivity index (χ3n) is 4.33. The lowest BCUT2D eigenvalue weighted by atomic mass is 10.0. The van der Waals surface area contributed by atoms with Crippen molar-refractivity contribution in [2.75, 3.05) is 6.61 Å². The van der Waals surface area contributed by atoms with Gasteiger partial charge in [-0.1, -0.05) is 6.92 Å². The van der Waals surface area contributed by atoms with Crippen LogP contribution in [0.15, 0.2) is 12.1 Å². The van der Waals surface area contributed by atoms with Crippen molar-refractivity contribution in [3.63, 3.8) is 0 Å². The van der Waals surface area contributed by atoms with Gasteiger partial charge in [0.2, 0.25) is 0 Å². The molecule has 1 aliphatic heterocycles. The Labute approximate surface area is 123 Å². The third kappa shape index (κ3) is 2.42. The Morgan fingerprint density at radius 2 is 2.14 bits per heavy atom. The molecule has 5 heteroatoms. The molecule has 1 aromatic heterocycles. The molecule has 1 aromatic carbocycles. The van der Waals surface area contributed by atoms with E-state index in [1.807, 2.05) is 26.0 Å². The quantitative estimate of drug-likeness (QED) is 0.943. The number of aryl methyl sites for hydroxylation is 2. The number of carboxylic acids is 1. The molecular weight excluding hydrogens is 268 g/mol. The van der Waals surface area contributed by atoms with Gasteiger partial charge in [-0.2, -0.15) is 0 Å². The van der Waals surface area contributed by atoms with Gasteiger partial charge in [0.15, 0.2) is 0 Å². The summed E-state index contributed by atoms with van der Waals surface area (Å²) >= 11 is 0. The highest BCUT2D eigenvalue weighted by atomic mass is 16.5. The summed E-state index contributed by atoms with van der Waals surface area (Å²) in [5.41, 5.74) is 4.02. The van der Waals surface area contributed by atoms with Gasteiger partial charge in [-0.3, -0.25) is 4.79 Å².